The molecule has 1 aliphatic heterocycles. The number of hydrogen-bond donors (Lipinski definition) is 1. The van der Waals surface area contributed by atoms with Gasteiger partial charge in [0.15, 0.2) is 0 Å². The van der Waals surface area contributed by atoms with E-state index >= 15 is 0 Å². The van der Waals surface area contributed by atoms with Crippen molar-refractivity contribution in [3.63, 3.8) is 0 Å². The second kappa shape index (κ2) is 6.02. The minimum absolute atomic E-state index is 0.171. The van der Waals surface area contributed by atoms with Gasteiger partial charge in [-0.2, -0.15) is 0 Å². The molecule has 20 heavy (non-hydrogen) atoms. The van der Waals surface area contributed by atoms with Crippen molar-refractivity contribution >= 4 is 21.6 Å². The molecule has 2 nitrogen and oxygen atoms in total. The van der Waals surface area contributed by atoms with Crippen LogP contribution < -0.4 is 5.32 Å². The van der Waals surface area contributed by atoms with Crippen molar-refractivity contribution in [1.82, 2.24) is 0 Å². The topological polar surface area (TPSA) is 21.3 Å². The lowest BCUT2D eigenvalue weighted by Crippen LogP contribution is -2.33. The Balaban J connectivity index is 1.54. The predicted molar refractivity (Wildman–Crippen MR) is 82.5 cm³/mol. The molecule has 0 radical (unpaired) electrons. The fraction of sp³-hybridized carbons (Fsp3) is 0.625. The number of ether oxygens (including phenoxy) is 1. The summed E-state index contributed by atoms with van der Waals surface area (Å²) in [6.45, 7) is 0.798. The van der Waals surface area contributed by atoms with Crippen LogP contribution in [0.3, 0.4) is 0 Å². The summed E-state index contributed by atoms with van der Waals surface area (Å²) >= 11 is 3.38. The molecule has 0 bridgehead atoms. The molecule has 1 saturated heterocycles. The van der Waals surface area contributed by atoms with Crippen molar-refractivity contribution in [2.75, 3.05) is 11.9 Å². The summed E-state index contributed by atoms with van der Waals surface area (Å²) < 4.78 is 20.1. The third-order valence-corrected chi connectivity index (χ3v) is 5.21. The van der Waals surface area contributed by atoms with E-state index in [1.807, 2.05) is 0 Å². The fourth-order valence-corrected chi connectivity index (χ4v) is 3.95. The van der Waals surface area contributed by atoms with Crippen molar-refractivity contribution < 1.29 is 9.13 Å². The SMILES string of the molecule is Fc1ccc(NCC2CCC3(CCCCC3)O2)c(Br)c1. The van der Waals surface area contributed by atoms with Gasteiger partial charge in [-0.1, -0.05) is 19.3 Å². The number of halogens is 2. The average Bonchev–Trinajstić information content (AvgIpc) is 2.82. The predicted octanol–water partition coefficient (Wildman–Crippen LogP) is 4.88. The van der Waals surface area contributed by atoms with Crippen LogP contribution in [0.4, 0.5) is 10.1 Å². The fourth-order valence-electron chi connectivity index (χ4n) is 3.46. The summed E-state index contributed by atoms with van der Waals surface area (Å²) in [6, 6.07) is 4.73. The van der Waals surface area contributed by atoms with E-state index < -0.39 is 0 Å². The first-order valence-electron chi connectivity index (χ1n) is 7.54. The molecule has 1 N–H and O–H groups in total. The molecule has 1 aliphatic carbocycles. The average molecular weight is 342 g/mol. The highest BCUT2D eigenvalue weighted by Gasteiger charge is 2.40. The van der Waals surface area contributed by atoms with Gasteiger partial charge >= 0.3 is 0 Å². The van der Waals surface area contributed by atoms with Crippen molar-refractivity contribution in [2.24, 2.45) is 0 Å². The number of anilines is 1. The van der Waals surface area contributed by atoms with Gasteiger partial charge in [0.05, 0.1) is 11.7 Å². The number of hydrogen-bond acceptors (Lipinski definition) is 2. The summed E-state index contributed by atoms with van der Waals surface area (Å²) in [5.74, 6) is -0.222. The molecule has 1 unspecified atom stereocenters. The molecule has 1 heterocycles. The zero-order valence-corrected chi connectivity index (χ0v) is 13.2. The van der Waals surface area contributed by atoms with Crippen molar-refractivity contribution in [3.8, 4) is 0 Å². The number of benzene rings is 1. The molecular weight excluding hydrogens is 321 g/mol. The van der Waals surface area contributed by atoms with E-state index in [0.717, 1.165) is 23.1 Å². The van der Waals surface area contributed by atoms with Gasteiger partial charge in [0.25, 0.3) is 0 Å². The van der Waals surface area contributed by atoms with E-state index in [-0.39, 0.29) is 17.5 Å². The molecule has 3 rings (SSSR count). The highest BCUT2D eigenvalue weighted by atomic mass is 79.9. The molecule has 0 aromatic heterocycles. The first kappa shape index (κ1) is 14.3. The summed E-state index contributed by atoms with van der Waals surface area (Å²) in [5.41, 5.74) is 1.10. The highest BCUT2D eigenvalue weighted by Crippen LogP contribution is 2.41. The largest absolute Gasteiger partial charge is 0.382 e. The third kappa shape index (κ3) is 3.17. The van der Waals surface area contributed by atoms with Crippen LogP contribution in [0.25, 0.3) is 0 Å². The number of nitrogens with one attached hydrogen (secondary N) is 1. The van der Waals surface area contributed by atoms with Crippen LogP contribution in [0.5, 0.6) is 0 Å². The van der Waals surface area contributed by atoms with Crippen LogP contribution in [0.1, 0.15) is 44.9 Å². The van der Waals surface area contributed by atoms with E-state index in [9.17, 15) is 4.39 Å². The Morgan fingerprint density at radius 2 is 2.05 bits per heavy atom. The smallest absolute Gasteiger partial charge is 0.124 e. The Morgan fingerprint density at radius 1 is 1.25 bits per heavy atom. The minimum atomic E-state index is -0.222. The summed E-state index contributed by atoms with van der Waals surface area (Å²) in [7, 11) is 0. The molecule has 1 aromatic carbocycles. The zero-order chi connectivity index (χ0) is 14.0. The van der Waals surface area contributed by atoms with Gasteiger partial charge < -0.3 is 10.1 Å². The Labute approximate surface area is 128 Å². The van der Waals surface area contributed by atoms with Gasteiger partial charge in [0.2, 0.25) is 0 Å². The summed E-state index contributed by atoms with van der Waals surface area (Å²) in [6.07, 6.45) is 9.04. The maximum Gasteiger partial charge on any atom is 0.124 e. The van der Waals surface area contributed by atoms with Crippen molar-refractivity contribution in [3.05, 3.63) is 28.5 Å². The summed E-state index contributed by atoms with van der Waals surface area (Å²) in [4.78, 5) is 0. The third-order valence-electron chi connectivity index (χ3n) is 4.55. The maximum absolute atomic E-state index is 13.0. The Kier molecular flexibility index (Phi) is 4.32. The standard InChI is InChI=1S/C16H21BrFNO/c17-14-10-12(18)4-5-15(14)19-11-13-6-9-16(20-13)7-2-1-3-8-16/h4-5,10,13,19H,1-3,6-9,11H2. The van der Waals surface area contributed by atoms with E-state index in [0.29, 0.717) is 0 Å². The zero-order valence-electron chi connectivity index (χ0n) is 11.6. The van der Waals surface area contributed by atoms with Crippen LogP contribution in [-0.4, -0.2) is 18.2 Å². The molecule has 0 amide bonds. The van der Waals surface area contributed by atoms with E-state index in [1.165, 1.54) is 50.7 Å². The van der Waals surface area contributed by atoms with Gasteiger partial charge in [-0.05, 0) is 59.8 Å². The molecular formula is C16H21BrFNO. The van der Waals surface area contributed by atoms with E-state index in [1.54, 1.807) is 6.07 Å². The molecule has 1 saturated carbocycles. The van der Waals surface area contributed by atoms with Gasteiger partial charge in [0.1, 0.15) is 5.82 Å². The molecule has 2 aliphatic rings. The van der Waals surface area contributed by atoms with Crippen molar-refractivity contribution in [1.29, 1.82) is 0 Å². The van der Waals surface area contributed by atoms with Crippen molar-refractivity contribution in [2.45, 2.75) is 56.7 Å². The molecule has 110 valence electrons. The summed E-state index contributed by atoms with van der Waals surface area (Å²) in [5, 5.41) is 3.37. The second-order valence-electron chi connectivity index (χ2n) is 6.03. The van der Waals surface area contributed by atoms with Crippen LogP contribution in [-0.2, 0) is 4.74 Å². The van der Waals surface area contributed by atoms with Crippen LogP contribution >= 0.6 is 15.9 Å². The molecule has 1 aromatic rings. The number of rotatable bonds is 3. The Bertz CT molecular complexity index is 474. The van der Waals surface area contributed by atoms with Gasteiger partial charge in [-0.25, -0.2) is 4.39 Å². The van der Waals surface area contributed by atoms with E-state index in [4.69, 9.17) is 4.74 Å². The van der Waals surface area contributed by atoms with E-state index in [2.05, 4.69) is 21.2 Å². The minimum Gasteiger partial charge on any atom is -0.382 e. The van der Waals surface area contributed by atoms with Gasteiger partial charge in [-0.3, -0.25) is 0 Å². The Hall–Kier alpha value is -0.610. The molecule has 2 fully saturated rings. The molecule has 4 heteroatoms. The van der Waals surface area contributed by atoms with Gasteiger partial charge in [-0.15, -0.1) is 0 Å². The lowest BCUT2D eigenvalue weighted by Gasteiger charge is -2.33. The van der Waals surface area contributed by atoms with Crippen LogP contribution in [0.15, 0.2) is 22.7 Å². The maximum atomic E-state index is 13.0. The normalized spacial score (nSPS) is 25.0. The van der Waals surface area contributed by atoms with Crippen LogP contribution in [0, 0.1) is 5.82 Å². The van der Waals surface area contributed by atoms with Gasteiger partial charge in [0, 0.05) is 16.7 Å². The first-order valence-corrected chi connectivity index (χ1v) is 8.33. The molecule has 1 atom stereocenters. The lowest BCUT2D eigenvalue weighted by molar-refractivity contribution is -0.0588. The molecule has 1 spiro atoms. The monoisotopic (exact) mass is 341 g/mol. The lowest BCUT2D eigenvalue weighted by atomic mass is 9.83. The first-order chi connectivity index (χ1) is 9.67. The second-order valence-corrected chi connectivity index (χ2v) is 6.88. The Morgan fingerprint density at radius 3 is 2.80 bits per heavy atom. The van der Waals surface area contributed by atoms with Crippen LogP contribution in [0.2, 0.25) is 0 Å². The highest BCUT2D eigenvalue weighted by molar-refractivity contribution is 9.10. The quantitative estimate of drug-likeness (QED) is 0.845.